The van der Waals surface area contributed by atoms with Crippen LogP contribution in [-0.4, -0.2) is 35.8 Å². The standard InChI is InChI=1S/C10H18N4O/c1-8-9(7-14(3)13-8)10(15)12-6-4-5-11-2/h7,11H,4-6H2,1-3H3,(H,12,15). The predicted octanol–water partition coefficient (Wildman–Crippen LogP) is 0.0678. The maximum Gasteiger partial charge on any atom is 0.254 e. The smallest absolute Gasteiger partial charge is 0.254 e. The maximum atomic E-state index is 11.7. The molecule has 5 heteroatoms. The highest BCUT2D eigenvalue weighted by atomic mass is 16.1. The molecule has 0 atom stereocenters. The van der Waals surface area contributed by atoms with Crippen molar-refractivity contribution in [2.24, 2.45) is 7.05 Å². The van der Waals surface area contributed by atoms with Gasteiger partial charge in [0.1, 0.15) is 0 Å². The van der Waals surface area contributed by atoms with Crippen LogP contribution in [0.1, 0.15) is 22.5 Å². The van der Waals surface area contributed by atoms with Gasteiger partial charge in [0, 0.05) is 19.8 Å². The van der Waals surface area contributed by atoms with Gasteiger partial charge in [0.15, 0.2) is 0 Å². The van der Waals surface area contributed by atoms with Crippen molar-refractivity contribution in [1.82, 2.24) is 20.4 Å². The molecular formula is C10H18N4O. The number of hydrogen-bond acceptors (Lipinski definition) is 3. The molecule has 0 saturated carbocycles. The molecule has 0 aromatic carbocycles. The molecule has 0 aliphatic carbocycles. The SMILES string of the molecule is CNCCCNC(=O)c1cn(C)nc1C. The zero-order chi connectivity index (χ0) is 11.3. The summed E-state index contributed by atoms with van der Waals surface area (Å²) >= 11 is 0. The van der Waals surface area contributed by atoms with Crippen molar-refractivity contribution in [3.63, 3.8) is 0 Å². The molecule has 0 radical (unpaired) electrons. The Morgan fingerprint density at radius 3 is 2.80 bits per heavy atom. The third-order valence-corrected chi connectivity index (χ3v) is 2.15. The van der Waals surface area contributed by atoms with Crippen molar-refractivity contribution in [1.29, 1.82) is 0 Å². The average molecular weight is 210 g/mol. The summed E-state index contributed by atoms with van der Waals surface area (Å²) in [6, 6.07) is 0. The van der Waals surface area contributed by atoms with Crippen molar-refractivity contribution in [3.05, 3.63) is 17.5 Å². The molecule has 1 aromatic heterocycles. The molecule has 0 spiro atoms. The molecule has 0 fully saturated rings. The largest absolute Gasteiger partial charge is 0.352 e. The Morgan fingerprint density at radius 1 is 1.53 bits per heavy atom. The first kappa shape index (κ1) is 11.7. The van der Waals surface area contributed by atoms with Gasteiger partial charge < -0.3 is 10.6 Å². The number of carbonyl (C=O) groups excluding carboxylic acids is 1. The lowest BCUT2D eigenvalue weighted by atomic mass is 10.2. The number of rotatable bonds is 5. The average Bonchev–Trinajstić information content (AvgIpc) is 2.52. The van der Waals surface area contributed by atoms with Crippen LogP contribution in [0.5, 0.6) is 0 Å². The van der Waals surface area contributed by atoms with E-state index in [-0.39, 0.29) is 5.91 Å². The van der Waals surface area contributed by atoms with Crippen molar-refractivity contribution in [2.45, 2.75) is 13.3 Å². The van der Waals surface area contributed by atoms with E-state index in [2.05, 4.69) is 15.7 Å². The molecule has 1 aromatic rings. The van der Waals surface area contributed by atoms with Crippen LogP contribution in [0.3, 0.4) is 0 Å². The van der Waals surface area contributed by atoms with Crippen LogP contribution in [0.15, 0.2) is 6.20 Å². The molecule has 15 heavy (non-hydrogen) atoms. The Balaban J connectivity index is 2.43. The van der Waals surface area contributed by atoms with Gasteiger partial charge in [0.2, 0.25) is 0 Å². The lowest BCUT2D eigenvalue weighted by molar-refractivity contribution is 0.0952. The molecule has 5 nitrogen and oxygen atoms in total. The number of amides is 1. The molecule has 0 aliphatic rings. The van der Waals surface area contributed by atoms with Crippen molar-refractivity contribution < 1.29 is 4.79 Å². The van der Waals surface area contributed by atoms with Crippen molar-refractivity contribution in [3.8, 4) is 0 Å². The maximum absolute atomic E-state index is 11.7. The van der Waals surface area contributed by atoms with Crippen LogP contribution in [0.25, 0.3) is 0 Å². The summed E-state index contributed by atoms with van der Waals surface area (Å²) in [4.78, 5) is 11.7. The lowest BCUT2D eigenvalue weighted by Gasteiger charge is -2.03. The highest BCUT2D eigenvalue weighted by molar-refractivity contribution is 5.94. The molecule has 84 valence electrons. The Morgan fingerprint density at radius 2 is 2.27 bits per heavy atom. The first-order chi connectivity index (χ1) is 7.15. The molecular weight excluding hydrogens is 192 g/mol. The van der Waals surface area contributed by atoms with E-state index in [4.69, 9.17) is 0 Å². The molecule has 1 rings (SSSR count). The second-order valence-corrected chi connectivity index (χ2v) is 3.51. The molecule has 0 aliphatic heterocycles. The molecule has 0 bridgehead atoms. The summed E-state index contributed by atoms with van der Waals surface area (Å²) < 4.78 is 1.65. The zero-order valence-corrected chi connectivity index (χ0v) is 9.50. The summed E-state index contributed by atoms with van der Waals surface area (Å²) in [5, 5.41) is 10.0. The van der Waals surface area contributed by atoms with E-state index in [0.29, 0.717) is 12.1 Å². The van der Waals surface area contributed by atoms with Gasteiger partial charge in [-0.25, -0.2) is 0 Å². The Hall–Kier alpha value is -1.36. The van der Waals surface area contributed by atoms with Gasteiger partial charge in [0.05, 0.1) is 11.3 Å². The van der Waals surface area contributed by atoms with Crippen LogP contribution in [0.2, 0.25) is 0 Å². The Labute approximate surface area is 89.9 Å². The molecule has 1 amide bonds. The number of carbonyl (C=O) groups is 1. The monoisotopic (exact) mass is 210 g/mol. The number of aromatic nitrogens is 2. The number of aryl methyl sites for hydroxylation is 2. The van der Waals surface area contributed by atoms with E-state index in [1.807, 2.05) is 21.0 Å². The van der Waals surface area contributed by atoms with Crippen LogP contribution < -0.4 is 10.6 Å². The normalized spacial score (nSPS) is 10.3. The number of nitrogens with one attached hydrogen (secondary N) is 2. The highest BCUT2D eigenvalue weighted by Gasteiger charge is 2.10. The third kappa shape index (κ3) is 3.36. The summed E-state index contributed by atoms with van der Waals surface area (Å²) in [6.45, 7) is 3.43. The summed E-state index contributed by atoms with van der Waals surface area (Å²) in [5.41, 5.74) is 1.42. The lowest BCUT2D eigenvalue weighted by Crippen LogP contribution is -2.26. The van der Waals surface area contributed by atoms with E-state index < -0.39 is 0 Å². The first-order valence-corrected chi connectivity index (χ1v) is 5.08. The van der Waals surface area contributed by atoms with Gasteiger partial charge in [-0.2, -0.15) is 5.10 Å². The van der Waals surface area contributed by atoms with Crippen LogP contribution in [-0.2, 0) is 7.05 Å². The first-order valence-electron chi connectivity index (χ1n) is 5.08. The number of nitrogens with zero attached hydrogens (tertiary/aromatic N) is 2. The van der Waals surface area contributed by atoms with Crippen LogP contribution in [0.4, 0.5) is 0 Å². The van der Waals surface area contributed by atoms with Gasteiger partial charge >= 0.3 is 0 Å². The third-order valence-electron chi connectivity index (χ3n) is 2.15. The summed E-state index contributed by atoms with van der Waals surface area (Å²) in [7, 11) is 3.71. The fraction of sp³-hybridized carbons (Fsp3) is 0.600. The van der Waals surface area contributed by atoms with Crippen LogP contribution >= 0.6 is 0 Å². The summed E-state index contributed by atoms with van der Waals surface area (Å²) in [5.74, 6) is -0.0447. The number of hydrogen-bond donors (Lipinski definition) is 2. The van der Waals surface area contributed by atoms with E-state index in [0.717, 1.165) is 18.7 Å². The van der Waals surface area contributed by atoms with Gasteiger partial charge in [-0.3, -0.25) is 9.48 Å². The van der Waals surface area contributed by atoms with E-state index in [1.165, 1.54) is 0 Å². The topological polar surface area (TPSA) is 58.9 Å². The molecule has 0 saturated heterocycles. The van der Waals surface area contributed by atoms with Gasteiger partial charge in [-0.15, -0.1) is 0 Å². The van der Waals surface area contributed by atoms with Crippen molar-refractivity contribution >= 4 is 5.91 Å². The van der Waals surface area contributed by atoms with Gasteiger partial charge in [0.25, 0.3) is 5.91 Å². The fourth-order valence-electron chi connectivity index (χ4n) is 1.38. The Kier molecular flexibility index (Phi) is 4.30. The second kappa shape index (κ2) is 5.50. The fourth-order valence-corrected chi connectivity index (χ4v) is 1.38. The molecule has 1 heterocycles. The minimum Gasteiger partial charge on any atom is -0.352 e. The van der Waals surface area contributed by atoms with Gasteiger partial charge in [-0.05, 0) is 26.9 Å². The van der Waals surface area contributed by atoms with Crippen LogP contribution in [0, 0.1) is 6.92 Å². The second-order valence-electron chi connectivity index (χ2n) is 3.51. The van der Waals surface area contributed by atoms with Gasteiger partial charge in [-0.1, -0.05) is 0 Å². The van der Waals surface area contributed by atoms with E-state index >= 15 is 0 Å². The summed E-state index contributed by atoms with van der Waals surface area (Å²) in [6.07, 6.45) is 2.67. The highest BCUT2D eigenvalue weighted by Crippen LogP contribution is 2.03. The zero-order valence-electron chi connectivity index (χ0n) is 9.50. The van der Waals surface area contributed by atoms with E-state index in [1.54, 1.807) is 10.9 Å². The molecule has 0 unspecified atom stereocenters. The minimum atomic E-state index is -0.0447. The quantitative estimate of drug-likeness (QED) is 0.676. The minimum absolute atomic E-state index is 0.0447. The predicted molar refractivity (Wildman–Crippen MR) is 58.8 cm³/mol. The molecule has 2 N–H and O–H groups in total. The Bertz CT molecular complexity index is 332. The van der Waals surface area contributed by atoms with Crippen molar-refractivity contribution in [2.75, 3.05) is 20.1 Å². The van der Waals surface area contributed by atoms with E-state index in [9.17, 15) is 4.79 Å².